The molecule has 2 heterocycles. The number of likely N-dealkylation sites (N-methyl/N-ethyl adjacent to an activating group) is 1. The van der Waals surface area contributed by atoms with E-state index < -0.39 is 0 Å². The zero-order valence-corrected chi connectivity index (χ0v) is 13.1. The van der Waals surface area contributed by atoms with Crippen molar-refractivity contribution in [3.05, 3.63) is 23.7 Å². The van der Waals surface area contributed by atoms with Gasteiger partial charge in [-0.05, 0) is 45.4 Å². The number of imidazole rings is 1. The molecule has 0 aliphatic heterocycles. The summed E-state index contributed by atoms with van der Waals surface area (Å²) >= 11 is 6.30. The molecule has 1 aliphatic rings. The number of rotatable bonds is 5. The van der Waals surface area contributed by atoms with Crippen LogP contribution in [0.15, 0.2) is 12.3 Å². The number of aryl methyl sites for hydroxylation is 1. The second kappa shape index (κ2) is 5.34. The van der Waals surface area contributed by atoms with E-state index >= 15 is 0 Å². The van der Waals surface area contributed by atoms with Crippen LogP contribution in [-0.4, -0.2) is 39.1 Å². The predicted molar refractivity (Wildman–Crippen MR) is 82.2 cm³/mol. The molecule has 20 heavy (non-hydrogen) atoms. The summed E-state index contributed by atoms with van der Waals surface area (Å²) in [5.41, 5.74) is 3.09. The standard InChI is InChI=1S/C15H21ClN4/c1-10-6-7-17-15-13(10)18-14(11(2)16)20(15)9-8-19(3)12-4-5-12/h6-7,11-12H,4-5,8-9H2,1-3H3. The lowest BCUT2D eigenvalue weighted by Gasteiger charge is -2.17. The van der Waals surface area contributed by atoms with Gasteiger partial charge in [0, 0.05) is 25.3 Å². The topological polar surface area (TPSA) is 34.0 Å². The van der Waals surface area contributed by atoms with Crippen molar-refractivity contribution in [1.29, 1.82) is 0 Å². The van der Waals surface area contributed by atoms with Crippen molar-refractivity contribution in [3.8, 4) is 0 Å². The number of hydrogen-bond donors (Lipinski definition) is 0. The molecule has 0 bridgehead atoms. The van der Waals surface area contributed by atoms with Gasteiger partial charge in [0.05, 0.1) is 5.38 Å². The zero-order valence-electron chi connectivity index (χ0n) is 12.3. The Bertz CT molecular complexity index is 616. The second-order valence-corrected chi connectivity index (χ2v) is 6.40. The fraction of sp³-hybridized carbons (Fsp3) is 0.600. The van der Waals surface area contributed by atoms with Crippen LogP contribution >= 0.6 is 11.6 Å². The van der Waals surface area contributed by atoms with Gasteiger partial charge in [0.1, 0.15) is 11.3 Å². The van der Waals surface area contributed by atoms with Crippen LogP contribution in [0.1, 0.15) is 36.5 Å². The Morgan fingerprint density at radius 2 is 2.25 bits per heavy atom. The molecule has 5 heteroatoms. The van der Waals surface area contributed by atoms with E-state index in [-0.39, 0.29) is 5.38 Å². The van der Waals surface area contributed by atoms with Crippen molar-refractivity contribution in [2.45, 2.75) is 44.7 Å². The number of nitrogens with zero attached hydrogens (tertiary/aromatic N) is 4. The Morgan fingerprint density at radius 1 is 1.50 bits per heavy atom. The van der Waals surface area contributed by atoms with Gasteiger partial charge in [-0.2, -0.15) is 0 Å². The van der Waals surface area contributed by atoms with Crippen molar-refractivity contribution < 1.29 is 0 Å². The average molecular weight is 293 g/mol. The average Bonchev–Trinajstić information content (AvgIpc) is 3.18. The highest BCUT2D eigenvalue weighted by Gasteiger charge is 2.26. The lowest BCUT2D eigenvalue weighted by atomic mass is 10.3. The first kappa shape index (κ1) is 13.8. The first-order valence-corrected chi connectivity index (χ1v) is 7.67. The molecule has 0 radical (unpaired) electrons. The summed E-state index contributed by atoms with van der Waals surface area (Å²) in [4.78, 5) is 11.6. The largest absolute Gasteiger partial charge is 0.310 e. The molecule has 0 spiro atoms. The van der Waals surface area contributed by atoms with E-state index in [2.05, 4.69) is 28.4 Å². The molecule has 1 fully saturated rings. The molecular weight excluding hydrogens is 272 g/mol. The number of alkyl halides is 1. The highest BCUT2D eigenvalue weighted by Crippen LogP contribution is 2.27. The van der Waals surface area contributed by atoms with Crippen LogP contribution in [0.4, 0.5) is 0 Å². The van der Waals surface area contributed by atoms with Crippen LogP contribution in [0.3, 0.4) is 0 Å². The summed E-state index contributed by atoms with van der Waals surface area (Å²) in [6, 6.07) is 2.77. The van der Waals surface area contributed by atoms with E-state index in [9.17, 15) is 0 Å². The van der Waals surface area contributed by atoms with Gasteiger partial charge in [0.25, 0.3) is 0 Å². The normalized spacial score (nSPS) is 17.1. The predicted octanol–water partition coefficient (Wildman–Crippen LogP) is 3.13. The molecular formula is C15H21ClN4. The van der Waals surface area contributed by atoms with Gasteiger partial charge < -0.3 is 9.47 Å². The Morgan fingerprint density at radius 3 is 2.90 bits per heavy atom. The van der Waals surface area contributed by atoms with Gasteiger partial charge in [-0.25, -0.2) is 9.97 Å². The van der Waals surface area contributed by atoms with Crippen molar-refractivity contribution in [3.63, 3.8) is 0 Å². The maximum absolute atomic E-state index is 6.30. The number of halogens is 1. The van der Waals surface area contributed by atoms with Crippen molar-refractivity contribution >= 4 is 22.8 Å². The molecule has 0 N–H and O–H groups in total. The van der Waals surface area contributed by atoms with Gasteiger partial charge in [0.15, 0.2) is 5.65 Å². The molecule has 1 atom stereocenters. The van der Waals surface area contributed by atoms with Gasteiger partial charge in [-0.1, -0.05) is 0 Å². The first-order chi connectivity index (χ1) is 9.58. The monoisotopic (exact) mass is 292 g/mol. The summed E-state index contributed by atoms with van der Waals surface area (Å²) in [5, 5.41) is -0.102. The van der Waals surface area contributed by atoms with E-state index in [4.69, 9.17) is 16.6 Å². The molecule has 108 valence electrons. The molecule has 3 rings (SSSR count). The summed E-state index contributed by atoms with van der Waals surface area (Å²) in [6.07, 6.45) is 4.51. The Labute approximate surface area is 124 Å². The molecule has 2 aromatic rings. The molecule has 1 unspecified atom stereocenters. The molecule has 0 amide bonds. The Hall–Kier alpha value is -1.13. The number of aromatic nitrogens is 3. The maximum atomic E-state index is 6.30. The van der Waals surface area contributed by atoms with Gasteiger partial charge in [-0.3, -0.25) is 0 Å². The molecule has 1 aliphatic carbocycles. The minimum absolute atomic E-state index is 0.102. The highest BCUT2D eigenvalue weighted by atomic mass is 35.5. The molecule has 0 aromatic carbocycles. The van der Waals surface area contributed by atoms with Crippen LogP contribution < -0.4 is 0 Å². The fourth-order valence-electron chi connectivity index (χ4n) is 2.63. The van der Waals surface area contributed by atoms with Crippen LogP contribution in [0.5, 0.6) is 0 Å². The van der Waals surface area contributed by atoms with Crippen molar-refractivity contribution in [2.24, 2.45) is 0 Å². The van der Waals surface area contributed by atoms with Crippen molar-refractivity contribution in [1.82, 2.24) is 19.4 Å². The maximum Gasteiger partial charge on any atom is 0.160 e. The van der Waals surface area contributed by atoms with Crippen LogP contribution in [0.25, 0.3) is 11.2 Å². The smallest absolute Gasteiger partial charge is 0.160 e. The minimum atomic E-state index is -0.102. The SMILES string of the molecule is Cc1ccnc2c1nc(C(C)Cl)n2CCN(C)C1CC1. The lowest BCUT2D eigenvalue weighted by Crippen LogP contribution is -2.26. The third-order valence-corrected chi connectivity index (χ3v) is 4.26. The van der Waals surface area contributed by atoms with Gasteiger partial charge >= 0.3 is 0 Å². The molecule has 1 saturated carbocycles. The zero-order chi connectivity index (χ0) is 14.3. The van der Waals surface area contributed by atoms with Gasteiger partial charge in [0.2, 0.25) is 0 Å². The van der Waals surface area contributed by atoms with E-state index in [0.717, 1.165) is 41.7 Å². The summed E-state index contributed by atoms with van der Waals surface area (Å²) in [5.74, 6) is 0.924. The minimum Gasteiger partial charge on any atom is -0.310 e. The number of pyridine rings is 1. The van der Waals surface area contributed by atoms with Gasteiger partial charge in [-0.15, -0.1) is 11.6 Å². The molecule has 2 aromatic heterocycles. The first-order valence-electron chi connectivity index (χ1n) is 7.24. The Kier molecular flexibility index (Phi) is 3.69. The van der Waals surface area contributed by atoms with E-state index in [0.29, 0.717) is 0 Å². The third kappa shape index (κ3) is 2.54. The third-order valence-electron chi connectivity index (χ3n) is 4.07. The Balaban J connectivity index is 1.93. The van der Waals surface area contributed by atoms with Crippen LogP contribution in [0.2, 0.25) is 0 Å². The summed E-state index contributed by atoms with van der Waals surface area (Å²) < 4.78 is 2.18. The van der Waals surface area contributed by atoms with Crippen LogP contribution in [-0.2, 0) is 6.54 Å². The van der Waals surface area contributed by atoms with Crippen LogP contribution in [0, 0.1) is 6.92 Å². The van der Waals surface area contributed by atoms with E-state index in [1.807, 2.05) is 19.2 Å². The summed E-state index contributed by atoms with van der Waals surface area (Å²) in [7, 11) is 2.19. The molecule has 4 nitrogen and oxygen atoms in total. The quantitative estimate of drug-likeness (QED) is 0.794. The second-order valence-electron chi connectivity index (χ2n) is 5.75. The summed E-state index contributed by atoms with van der Waals surface area (Å²) in [6.45, 7) is 5.95. The molecule has 0 saturated heterocycles. The number of hydrogen-bond acceptors (Lipinski definition) is 3. The van der Waals surface area contributed by atoms with Crippen molar-refractivity contribution in [2.75, 3.05) is 13.6 Å². The highest BCUT2D eigenvalue weighted by molar-refractivity contribution is 6.20. The fourth-order valence-corrected chi connectivity index (χ4v) is 2.80. The number of fused-ring (bicyclic) bond motifs is 1. The van der Waals surface area contributed by atoms with E-state index in [1.165, 1.54) is 12.8 Å². The van der Waals surface area contributed by atoms with E-state index in [1.54, 1.807) is 0 Å². The lowest BCUT2D eigenvalue weighted by molar-refractivity contribution is 0.309.